The number of nitriles is 1. The van der Waals surface area contributed by atoms with Gasteiger partial charge in [-0.25, -0.2) is 0 Å². The molecule has 0 saturated carbocycles. The third-order valence-electron chi connectivity index (χ3n) is 6.73. The molecule has 0 amide bonds. The number of nitrogens with zero attached hydrogens (tertiary/aromatic N) is 4. The molecule has 4 heteroatoms. The minimum Gasteiger partial charge on any atom is -0.295 e. The van der Waals surface area contributed by atoms with Gasteiger partial charge in [0.05, 0.1) is 22.8 Å². The molecular formula is C28H34N4. The number of aromatic nitrogens is 1. The van der Waals surface area contributed by atoms with Gasteiger partial charge in [0.15, 0.2) is 0 Å². The molecule has 1 fully saturated rings. The van der Waals surface area contributed by atoms with Gasteiger partial charge < -0.3 is 0 Å². The van der Waals surface area contributed by atoms with Crippen molar-refractivity contribution in [2.45, 2.75) is 52.1 Å². The first-order valence-corrected chi connectivity index (χ1v) is 12.0. The van der Waals surface area contributed by atoms with Gasteiger partial charge in [0.25, 0.3) is 0 Å². The van der Waals surface area contributed by atoms with Crippen LogP contribution >= 0.6 is 0 Å². The molecule has 4 nitrogen and oxygen atoms in total. The van der Waals surface area contributed by atoms with Crippen molar-refractivity contribution in [1.82, 2.24) is 14.8 Å². The third kappa shape index (κ3) is 5.35. The zero-order chi connectivity index (χ0) is 22.3. The van der Waals surface area contributed by atoms with Crippen LogP contribution in [0.25, 0.3) is 10.9 Å². The Labute approximate surface area is 192 Å². The van der Waals surface area contributed by atoms with Gasteiger partial charge in [0, 0.05) is 44.2 Å². The molecule has 1 saturated heterocycles. The first-order chi connectivity index (χ1) is 15.7. The number of piperazine rings is 1. The van der Waals surface area contributed by atoms with Crippen molar-refractivity contribution in [2.24, 2.45) is 0 Å². The average Bonchev–Trinajstić information content (AvgIpc) is 2.82. The first kappa shape index (κ1) is 22.5. The summed E-state index contributed by atoms with van der Waals surface area (Å²) in [6, 6.07) is 21.8. The van der Waals surface area contributed by atoms with Crippen molar-refractivity contribution in [2.75, 3.05) is 26.2 Å². The van der Waals surface area contributed by atoms with E-state index in [1.54, 1.807) is 0 Å². The Morgan fingerprint density at radius 1 is 1.00 bits per heavy atom. The highest BCUT2D eigenvalue weighted by atomic mass is 15.3. The number of hydrogen-bond donors (Lipinski definition) is 0. The maximum Gasteiger partial charge on any atom is 0.0994 e. The van der Waals surface area contributed by atoms with Gasteiger partial charge in [-0.3, -0.25) is 14.8 Å². The summed E-state index contributed by atoms with van der Waals surface area (Å²) in [4.78, 5) is 10.0. The summed E-state index contributed by atoms with van der Waals surface area (Å²) in [5.74, 6) is 0. The third-order valence-corrected chi connectivity index (χ3v) is 6.73. The summed E-state index contributed by atoms with van der Waals surface area (Å²) >= 11 is 0. The Morgan fingerprint density at radius 3 is 2.56 bits per heavy atom. The molecule has 4 rings (SSSR count). The van der Waals surface area contributed by atoms with E-state index in [0.29, 0.717) is 6.04 Å². The molecule has 1 atom stereocenters. The number of unbranched alkanes of at least 4 members (excludes halogenated alkanes) is 2. The van der Waals surface area contributed by atoms with Crippen LogP contribution in [0.1, 0.15) is 61.0 Å². The van der Waals surface area contributed by atoms with Crippen LogP contribution in [0.4, 0.5) is 0 Å². The summed E-state index contributed by atoms with van der Waals surface area (Å²) in [6.45, 7) is 9.50. The van der Waals surface area contributed by atoms with Gasteiger partial charge in [0.1, 0.15) is 0 Å². The van der Waals surface area contributed by atoms with E-state index in [4.69, 9.17) is 4.98 Å². The lowest BCUT2D eigenvalue weighted by molar-refractivity contribution is 0.0859. The molecule has 0 bridgehead atoms. The van der Waals surface area contributed by atoms with E-state index < -0.39 is 0 Å². The number of aryl methyl sites for hydroxylation is 1. The maximum atomic E-state index is 9.31. The molecule has 3 aromatic rings. The van der Waals surface area contributed by atoms with Crippen LogP contribution in [0.2, 0.25) is 0 Å². The Hall–Kier alpha value is -2.74. The van der Waals surface area contributed by atoms with Gasteiger partial charge in [-0.15, -0.1) is 0 Å². The molecule has 0 aliphatic carbocycles. The lowest BCUT2D eigenvalue weighted by Gasteiger charge is -2.39. The van der Waals surface area contributed by atoms with Gasteiger partial charge in [0.2, 0.25) is 0 Å². The van der Waals surface area contributed by atoms with Crippen LogP contribution in [0.5, 0.6) is 0 Å². The highest BCUT2D eigenvalue weighted by Crippen LogP contribution is 2.29. The van der Waals surface area contributed by atoms with Crippen LogP contribution in [-0.2, 0) is 6.54 Å². The van der Waals surface area contributed by atoms with E-state index in [9.17, 15) is 5.26 Å². The predicted octanol–water partition coefficient (Wildman–Crippen LogP) is 5.85. The quantitative estimate of drug-likeness (QED) is 0.424. The Bertz CT molecular complexity index is 1080. The zero-order valence-corrected chi connectivity index (χ0v) is 19.4. The minimum absolute atomic E-state index is 0.439. The Balaban J connectivity index is 1.41. The summed E-state index contributed by atoms with van der Waals surface area (Å²) in [5.41, 5.74) is 5.47. The van der Waals surface area contributed by atoms with Crippen LogP contribution in [0.3, 0.4) is 0 Å². The van der Waals surface area contributed by atoms with Crippen molar-refractivity contribution in [3.8, 4) is 6.07 Å². The van der Waals surface area contributed by atoms with Crippen LogP contribution in [0, 0.1) is 18.3 Å². The van der Waals surface area contributed by atoms with Crippen molar-refractivity contribution < 1.29 is 0 Å². The fourth-order valence-electron chi connectivity index (χ4n) is 4.83. The van der Waals surface area contributed by atoms with Crippen LogP contribution in [-0.4, -0.2) is 41.0 Å². The summed E-state index contributed by atoms with van der Waals surface area (Å²) in [7, 11) is 0. The van der Waals surface area contributed by atoms with E-state index in [1.165, 1.54) is 36.6 Å². The van der Waals surface area contributed by atoms with Crippen molar-refractivity contribution in [1.29, 1.82) is 5.26 Å². The number of benzene rings is 2. The molecule has 1 aliphatic rings. The van der Waals surface area contributed by atoms with Gasteiger partial charge in [-0.05, 0) is 42.7 Å². The number of pyridine rings is 1. The monoisotopic (exact) mass is 426 g/mol. The molecule has 0 radical (unpaired) electrons. The lowest BCUT2D eigenvalue weighted by Crippen LogP contribution is -2.47. The van der Waals surface area contributed by atoms with Crippen molar-refractivity contribution in [3.05, 3.63) is 77.0 Å². The largest absolute Gasteiger partial charge is 0.295 e. The van der Waals surface area contributed by atoms with Crippen molar-refractivity contribution >= 4 is 10.9 Å². The fourth-order valence-corrected chi connectivity index (χ4v) is 4.83. The molecule has 1 unspecified atom stereocenters. The highest BCUT2D eigenvalue weighted by Gasteiger charge is 2.25. The summed E-state index contributed by atoms with van der Waals surface area (Å²) < 4.78 is 0. The van der Waals surface area contributed by atoms with E-state index in [0.717, 1.165) is 55.1 Å². The van der Waals surface area contributed by atoms with Crippen LogP contribution < -0.4 is 0 Å². The smallest absolute Gasteiger partial charge is 0.0994 e. The number of rotatable bonds is 8. The number of hydrogen-bond acceptors (Lipinski definition) is 4. The van der Waals surface area contributed by atoms with Gasteiger partial charge >= 0.3 is 0 Å². The normalized spacial score (nSPS) is 16.2. The standard InChI is InChI=1S/C28H34N4/c1-3-4-5-10-28(24-11-12-25(20-29)22(2)19-24)32-17-15-31(16-18-32)21-26-14-13-23-8-6-7-9-27(23)30-26/h6-9,11-14,19,28H,3-5,10,15-18,21H2,1-2H3. The first-order valence-electron chi connectivity index (χ1n) is 12.0. The van der Waals surface area contributed by atoms with E-state index in [2.05, 4.69) is 78.2 Å². The Kier molecular flexibility index (Phi) is 7.52. The lowest BCUT2D eigenvalue weighted by atomic mass is 9.95. The topological polar surface area (TPSA) is 43.2 Å². The highest BCUT2D eigenvalue weighted by molar-refractivity contribution is 5.78. The molecule has 0 N–H and O–H groups in total. The molecule has 166 valence electrons. The second-order valence-corrected chi connectivity index (χ2v) is 9.01. The minimum atomic E-state index is 0.439. The molecule has 0 spiro atoms. The second kappa shape index (κ2) is 10.7. The second-order valence-electron chi connectivity index (χ2n) is 9.01. The average molecular weight is 427 g/mol. The summed E-state index contributed by atoms with van der Waals surface area (Å²) in [6.07, 6.45) is 4.96. The molecular weight excluding hydrogens is 392 g/mol. The fraction of sp³-hybridized carbons (Fsp3) is 0.429. The van der Waals surface area contributed by atoms with Crippen LogP contribution in [0.15, 0.2) is 54.6 Å². The summed E-state index contributed by atoms with van der Waals surface area (Å²) in [5, 5.41) is 10.5. The molecule has 1 aliphatic heterocycles. The maximum absolute atomic E-state index is 9.31. The Morgan fingerprint density at radius 2 is 1.81 bits per heavy atom. The van der Waals surface area contributed by atoms with E-state index in [-0.39, 0.29) is 0 Å². The zero-order valence-electron chi connectivity index (χ0n) is 19.4. The number of para-hydroxylation sites is 1. The number of fused-ring (bicyclic) bond motifs is 1. The molecule has 32 heavy (non-hydrogen) atoms. The molecule has 1 aromatic heterocycles. The molecule has 2 heterocycles. The van der Waals surface area contributed by atoms with Crippen molar-refractivity contribution in [3.63, 3.8) is 0 Å². The van der Waals surface area contributed by atoms with Gasteiger partial charge in [-0.1, -0.05) is 62.6 Å². The van der Waals surface area contributed by atoms with E-state index in [1.807, 2.05) is 6.07 Å². The molecule has 2 aromatic carbocycles. The SMILES string of the molecule is CCCCCC(c1ccc(C#N)c(C)c1)N1CCN(Cc2ccc3ccccc3n2)CC1. The predicted molar refractivity (Wildman–Crippen MR) is 131 cm³/mol. The van der Waals surface area contributed by atoms with E-state index >= 15 is 0 Å². The van der Waals surface area contributed by atoms with Gasteiger partial charge in [-0.2, -0.15) is 5.26 Å².